The standard InChI is InChI=1S/C10H16ClN3/c1-7-10(11)9(14(2)13-7)6-12-8-4-3-5-8/h8,12H,3-6H2,1-2H3. The first-order chi connectivity index (χ1) is 6.68. The summed E-state index contributed by atoms with van der Waals surface area (Å²) < 4.78 is 1.86. The Bertz CT molecular complexity index is 328. The van der Waals surface area contributed by atoms with Crippen LogP contribution >= 0.6 is 11.6 Å². The second kappa shape index (κ2) is 3.91. The van der Waals surface area contributed by atoms with E-state index in [0.29, 0.717) is 6.04 Å². The summed E-state index contributed by atoms with van der Waals surface area (Å²) in [6.07, 6.45) is 3.96. The number of aromatic nitrogens is 2. The van der Waals surface area contributed by atoms with E-state index in [9.17, 15) is 0 Å². The molecule has 0 amide bonds. The van der Waals surface area contributed by atoms with Crippen LogP contribution in [-0.2, 0) is 13.6 Å². The van der Waals surface area contributed by atoms with E-state index in [0.717, 1.165) is 23.0 Å². The predicted octanol–water partition coefficient (Wildman–Crippen LogP) is 2.02. The van der Waals surface area contributed by atoms with Crippen LogP contribution in [0.15, 0.2) is 0 Å². The van der Waals surface area contributed by atoms with Crippen LogP contribution in [0, 0.1) is 6.92 Å². The number of halogens is 1. The van der Waals surface area contributed by atoms with Gasteiger partial charge in [0.05, 0.1) is 16.4 Å². The summed E-state index contributed by atoms with van der Waals surface area (Å²) in [6.45, 7) is 2.77. The minimum absolute atomic E-state index is 0.696. The van der Waals surface area contributed by atoms with E-state index in [2.05, 4.69) is 10.4 Å². The van der Waals surface area contributed by atoms with Gasteiger partial charge in [-0.05, 0) is 19.8 Å². The summed E-state index contributed by atoms with van der Waals surface area (Å²) in [7, 11) is 1.94. The van der Waals surface area contributed by atoms with Crippen molar-refractivity contribution in [1.82, 2.24) is 15.1 Å². The zero-order valence-electron chi connectivity index (χ0n) is 8.68. The van der Waals surface area contributed by atoms with Gasteiger partial charge in [0.15, 0.2) is 0 Å². The molecule has 1 saturated carbocycles. The van der Waals surface area contributed by atoms with Crippen molar-refractivity contribution in [3.8, 4) is 0 Å². The van der Waals surface area contributed by atoms with Crippen molar-refractivity contribution in [3.63, 3.8) is 0 Å². The van der Waals surface area contributed by atoms with E-state index in [-0.39, 0.29) is 0 Å². The Balaban J connectivity index is 2.00. The van der Waals surface area contributed by atoms with Gasteiger partial charge in [-0.2, -0.15) is 5.10 Å². The van der Waals surface area contributed by atoms with E-state index in [4.69, 9.17) is 11.6 Å². The van der Waals surface area contributed by atoms with Gasteiger partial charge < -0.3 is 5.32 Å². The van der Waals surface area contributed by atoms with Crippen molar-refractivity contribution in [2.24, 2.45) is 7.05 Å². The van der Waals surface area contributed by atoms with Gasteiger partial charge in [0, 0.05) is 19.6 Å². The van der Waals surface area contributed by atoms with Gasteiger partial charge in [-0.1, -0.05) is 18.0 Å². The van der Waals surface area contributed by atoms with E-state index in [1.54, 1.807) is 0 Å². The van der Waals surface area contributed by atoms with Crippen molar-refractivity contribution < 1.29 is 0 Å². The van der Waals surface area contributed by atoms with E-state index >= 15 is 0 Å². The van der Waals surface area contributed by atoms with Crippen molar-refractivity contribution in [3.05, 3.63) is 16.4 Å². The first kappa shape index (κ1) is 9.99. The lowest BCUT2D eigenvalue weighted by Crippen LogP contribution is -2.35. The second-order valence-electron chi connectivity index (χ2n) is 3.98. The third kappa shape index (κ3) is 1.79. The summed E-state index contributed by atoms with van der Waals surface area (Å²) in [6, 6.07) is 0.696. The quantitative estimate of drug-likeness (QED) is 0.833. The highest BCUT2D eigenvalue weighted by atomic mass is 35.5. The van der Waals surface area contributed by atoms with Gasteiger partial charge in [-0.3, -0.25) is 4.68 Å². The topological polar surface area (TPSA) is 29.9 Å². The van der Waals surface area contributed by atoms with Gasteiger partial charge in [0.2, 0.25) is 0 Å². The molecule has 1 heterocycles. The molecule has 0 saturated heterocycles. The smallest absolute Gasteiger partial charge is 0.0860 e. The summed E-state index contributed by atoms with van der Waals surface area (Å²) in [5.74, 6) is 0. The van der Waals surface area contributed by atoms with Crippen LogP contribution < -0.4 is 5.32 Å². The minimum Gasteiger partial charge on any atom is -0.308 e. The van der Waals surface area contributed by atoms with E-state index in [1.807, 2.05) is 18.7 Å². The van der Waals surface area contributed by atoms with Crippen LogP contribution in [0.1, 0.15) is 30.7 Å². The molecule has 1 aromatic heterocycles. The Labute approximate surface area is 89.4 Å². The fourth-order valence-electron chi connectivity index (χ4n) is 1.73. The molecule has 1 aliphatic carbocycles. The lowest BCUT2D eigenvalue weighted by molar-refractivity contribution is 0.335. The second-order valence-corrected chi connectivity index (χ2v) is 4.36. The molecule has 1 fully saturated rings. The maximum atomic E-state index is 6.14. The van der Waals surface area contributed by atoms with Gasteiger partial charge in [0.1, 0.15) is 0 Å². The maximum Gasteiger partial charge on any atom is 0.0860 e. The fourth-order valence-corrected chi connectivity index (χ4v) is 1.95. The molecule has 0 aromatic carbocycles. The number of nitrogens with zero attached hydrogens (tertiary/aromatic N) is 2. The molecule has 1 aliphatic rings. The monoisotopic (exact) mass is 213 g/mol. The molecule has 0 radical (unpaired) electrons. The molecular formula is C10H16ClN3. The summed E-state index contributed by atoms with van der Waals surface area (Å²) in [5.41, 5.74) is 2.01. The zero-order chi connectivity index (χ0) is 10.1. The molecule has 0 bridgehead atoms. The van der Waals surface area contributed by atoms with Crippen LogP contribution in [0.25, 0.3) is 0 Å². The number of nitrogens with one attached hydrogen (secondary N) is 1. The van der Waals surface area contributed by atoms with Crippen molar-refractivity contribution in [2.45, 2.75) is 38.8 Å². The number of aryl methyl sites for hydroxylation is 2. The Morgan fingerprint density at radius 3 is 2.71 bits per heavy atom. The molecule has 0 aliphatic heterocycles. The zero-order valence-corrected chi connectivity index (χ0v) is 9.43. The lowest BCUT2D eigenvalue weighted by atomic mass is 9.93. The first-order valence-electron chi connectivity index (χ1n) is 5.10. The third-order valence-electron chi connectivity index (χ3n) is 2.92. The molecule has 1 N–H and O–H groups in total. The fraction of sp³-hybridized carbons (Fsp3) is 0.700. The highest BCUT2D eigenvalue weighted by Gasteiger charge is 2.18. The number of hydrogen-bond donors (Lipinski definition) is 1. The molecule has 14 heavy (non-hydrogen) atoms. The van der Waals surface area contributed by atoms with Crippen LogP contribution in [0.4, 0.5) is 0 Å². The van der Waals surface area contributed by atoms with Gasteiger partial charge in [-0.25, -0.2) is 0 Å². The predicted molar refractivity (Wildman–Crippen MR) is 57.4 cm³/mol. The molecule has 3 nitrogen and oxygen atoms in total. The normalized spacial score (nSPS) is 17.1. The molecule has 78 valence electrons. The average Bonchev–Trinajstić information content (AvgIpc) is 2.28. The Morgan fingerprint density at radius 1 is 1.57 bits per heavy atom. The Kier molecular flexibility index (Phi) is 2.79. The lowest BCUT2D eigenvalue weighted by Gasteiger charge is -2.26. The Hall–Kier alpha value is -0.540. The van der Waals surface area contributed by atoms with Crippen LogP contribution in [0.2, 0.25) is 5.02 Å². The maximum absolute atomic E-state index is 6.14. The number of rotatable bonds is 3. The third-order valence-corrected chi connectivity index (χ3v) is 3.42. The summed E-state index contributed by atoms with van der Waals surface area (Å²) in [5, 5.41) is 8.57. The highest BCUT2D eigenvalue weighted by molar-refractivity contribution is 6.31. The van der Waals surface area contributed by atoms with Gasteiger partial charge >= 0.3 is 0 Å². The molecule has 4 heteroatoms. The molecule has 2 rings (SSSR count). The van der Waals surface area contributed by atoms with Crippen molar-refractivity contribution >= 4 is 11.6 Å². The molecule has 0 atom stereocenters. The van der Waals surface area contributed by atoms with Crippen LogP contribution in [0.3, 0.4) is 0 Å². The first-order valence-corrected chi connectivity index (χ1v) is 5.47. The SMILES string of the molecule is Cc1nn(C)c(CNC2CCC2)c1Cl. The summed E-state index contributed by atoms with van der Waals surface area (Å²) >= 11 is 6.14. The van der Waals surface area contributed by atoms with Crippen LogP contribution in [0.5, 0.6) is 0 Å². The van der Waals surface area contributed by atoms with Crippen molar-refractivity contribution in [2.75, 3.05) is 0 Å². The Morgan fingerprint density at radius 2 is 2.29 bits per heavy atom. The molecular weight excluding hydrogens is 198 g/mol. The summed E-state index contributed by atoms with van der Waals surface area (Å²) in [4.78, 5) is 0. The van der Waals surface area contributed by atoms with E-state index in [1.165, 1.54) is 19.3 Å². The minimum atomic E-state index is 0.696. The highest BCUT2D eigenvalue weighted by Crippen LogP contribution is 2.22. The largest absolute Gasteiger partial charge is 0.308 e. The van der Waals surface area contributed by atoms with Gasteiger partial charge in [-0.15, -0.1) is 0 Å². The average molecular weight is 214 g/mol. The number of hydrogen-bond acceptors (Lipinski definition) is 2. The molecule has 0 spiro atoms. The van der Waals surface area contributed by atoms with Crippen molar-refractivity contribution in [1.29, 1.82) is 0 Å². The molecule has 1 aromatic rings. The van der Waals surface area contributed by atoms with E-state index < -0.39 is 0 Å². The van der Waals surface area contributed by atoms with Crippen LogP contribution in [-0.4, -0.2) is 15.8 Å². The van der Waals surface area contributed by atoms with Gasteiger partial charge in [0.25, 0.3) is 0 Å². The molecule has 0 unspecified atom stereocenters.